The molecule has 53 heavy (non-hydrogen) atoms. The van der Waals surface area contributed by atoms with Crippen LogP contribution in [0.25, 0.3) is 0 Å². The van der Waals surface area contributed by atoms with Gasteiger partial charge in [0.25, 0.3) is 0 Å². The van der Waals surface area contributed by atoms with Crippen molar-refractivity contribution in [3.05, 3.63) is 0 Å². The molecule has 0 unspecified atom stereocenters. The third-order valence-electron chi connectivity index (χ3n) is 5.10. The molecule has 0 aliphatic heterocycles. The molecule has 0 aliphatic rings. The van der Waals surface area contributed by atoms with Crippen LogP contribution in [0, 0.1) is 0 Å². The lowest BCUT2D eigenvalue weighted by molar-refractivity contribution is -0.00820. The summed E-state index contributed by atoms with van der Waals surface area (Å²) >= 11 is 0. The Morgan fingerprint density at radius 2 is 0.547 bits per heavy atom. The van der Waals surface area contributed by atoms with Gasteiger partial charge in [0.15, 0.2) is 0 Å². The number of hydrogen-bond acceptors (Lipinski definition) is 14. The topological polar surface area (TPSA) is 151 Å². The zero-order valence-corrected chi connectivity index (χ0v) is 37.3. The van der Waals surface area contributed by atoms with Crippen molar-refractivity contribution in [1.29, 1.82) is 0 Å². The van der Waals surface area contributed by atoms with Crippen LogP contribution < -0.4 is 0 Å². The lowest BCUT2D eigenvalue weighted by Gasteiger charge is -2.08. The second kappa shape index (κ2) is 60.7. The summed E-state index contributed by atoms with van der Waals surface area (Å²) in [7, 11) is 6.69. The largest absolute Gasteiger partial charge is 0.396 e. The van der Waals surface area contributed by atoms with Crippen LogP contribution in [-0.2, 0) is 56.8 Å². The summed E-state index contributed by atoms with van der Waals surface area (Å²) in [4.78, 5) is 0. The van der Waals surface area contributed by atoms with Crippen molar-refractivity contribution < 1.29 is 67.1 Å². The molecule has 14 nitrogen and oxygen atoms in total. The second-order valence-corrected chi connectivity index (χ2v) is 12.5. The highest BCUT2D eigenvalue weighted by atomic mass is 16.6. The zero-order valence-electron chi connectivity index (χ0n) is 37.3. The van der Waals surface area contributed by atoms with E-state index in [2.05, 4.69) is 0 Å². The number of aliphatic hydroxyl groups excluding tert-OH is 2. The van der Waals surface area contributed by atoms with Crippen molar-refractivity contribution >= 4 is 0 Å². The summed E-state index contributed by atoms with van der Waals surface area (Å²) in [6.07, 6.45) is 2.56. The number of rotatable bonds is 29. The Morgan fingerprint density at radius 1 is 0.302 bits per heavy atom. The Hall–Kier alpha value is -0.560. The fourth-order valence-corrected chi connectivity index (χ4v) is 2.43. The Bertz CT molecular complexity index is 540. The first kappa shape index (κ1) is 64.3. The highest BCUT2D eigenvalue weighted by Gasteiger charge is 1.95. The SMILES string of the molecule is CC(C)OCCCO.CC(C)OCCO.COC(C)C.COCCOC(C)C.COCCOCCOC(C)C.COCCOCCOCCOC(C)C. The molecule has 0 amide bonds. The molecule has 2 N–H and O–H groups in total. The summed E-state index contributed by atoms with van der Waals surface area (Å²) in [6.45, 7) is 33.2. The molecule has 0 aromatic rings. The highest BCUT2D eigenvalue weighted by Crippen LogP contribution is 1.90. The monoisotopic (exact) mass is 783 g/mol. The molecule has 14 heteroatoms. The van der Waals surface area contributed by atoms with Crippen LogP contribution in [-0.4, -0.2) is 181 Å². The van der Waals surface area contributed by atoms with Gasteiger partial charge in [-0.3, -0.25) is 0 Å². The Labute approximate surface area is 327 Å². The first-order valence-electron chi connectivity index (χ1n) is 19.1. The van der Waals surface area contributed by atoms with Gasteiger partial charge in [0, 0.05) is 41.7 Å². The van der Waals surface area contributed by atoms with E-state index in [9.17, 15) is 0 Å². The van der Waals surface area contributed by atoms with Gasteiger partial charge in [-0.1, -0.05) is 0 Å². The molecule has 0 radical (unpaired) electrons. The molecule has 0 spiro atoms. The van der Waals surface area contributed by atoms with Gasteiger partial charge in [-0.05, 0) is 89.5 Å². The maximum Gasteiger partial charge on any atom is 0.0703 e. The third kappa shape index (κ3) is 106. The van der Waals surface area contributed by atoms with Crippen LogP contribution in [0.2, 0.25) is 0 Å². The fourth-order valence-electron chi connectivity index (χ4n) is 2.43. The van der Waals surface area contributed by atoms with Crippen molar-refractivity contribution in [1.82, 2.24) is 0 Å². The molecule has 0 atom stereocenters. The van der Waals surface area contributed by atoms with E-state index in [4.69, 9.17) is 67.1 Å². The van der Waals surface area contributed by atoms with Crippen molar-refractivity contribution in [2.75, 3.05) is 134 Å². The van der Waals surface area contributed by atoms with Crippen molar-refractivity contribution in [2.24, 2.45) is 0 Å². The maximum absolute atomic E-state index is 8.30. The van der Waals surface area contributed by atoms with E-state index < -0.39 is 0 Å². The van der Waals surface area contributed by atoms with Crippen LogP contribution in [0.4, 0.5) is 0 Å². The first-order valence-corrected chi connectivity index (χ1v) is 19.1. The Kier molecular flexibility index (Phi) is 73.7. The number of aliphatic hydroxyl groups is 2. The van der Waals surface area contributed by atoms with Gasteiger partial charge >= 0.3 is 0 Å². The molecule has 0 saturated heterocycles. The lowest BCUT2D eigenvalue weighted by Crippen LogP contribution is -2.13. The summed E-state index contributed by atoms with van der Waals surface area (Å²) in [5.41, 5.74) is 0. The minimum absolute atomic E-state index is 0.123. The van der Waals surface area contributed by atoms with Crippen LogP contribution >= 0.6 is 0 Å². The molecular weight excluding hydrogens is 692 g/mol. The van der Waals surface area contributed by atoms with Crippen molar-refractivity contribution in [3.8, 4) is 0 Å². The van der Waals surface area contributed by atoms with E-state index in [-0.39, 0.29) is 25.4 Å². The minimum Gasteiger partial charge on any atom is -0.396 e. The van der Waals surface area contributed by atoms with E-state index >= 15 is 0 Å². The summed E-state index contributed by atoms with van der Waals surface area (Å²) in [6, 6.07) is 0. The standard InChI is InChI=1S/C10H22O4.C8H18O3.2C6H14O2.C5H12O2.C4H10O/c1-10(2)14-9-8-13-7-6-12-5-4-11-3;1-8(2)11-7-6-10-5-4-9-3;1-6(2)8-5-4-7-3;1-6(2)8-5-3-4-7;1-5(2)7-4-3-6;1-4(2)5-3/h10H,4-9H2,1-3H3;8H,4-7H2,1-3H3;6H,4-5H2,1-3H3;6-7H,3-5H2,1-2H3;5-6H,3-4H2,1-2H3;4H,1-3H3. The molecule has 0 bridgehead atoms. The maximum atomic E-state index is 8.30. The molecule has 0 rings (SSSR count). The van der Waals surface area contributed by atoms with E-state index in [1.807, 2.05) is 83.1 Å². The smallest absolute Gasteiger partial charge is 0.0703 e. The van der Waals surface area contributed by atoms with Gasteiger partial charge in [0.2, 0.25) is 0 Å². The Morgan fingerprint density at radius 3 is 0.792 bits per heavy atom. The summed E-state index contributed by atoms with van der Waals surface area (Å²) in [5, 5.41) is 16.5. The van der Waals surface area contributed by atoms with E-state index in [1.54, 1.807) is 28.4 Å². The molecule has 0 saturated carbocycles. The van der Waals surface area contributed by atoms with Gasteiger partial charge in [0.05, 0.1) is 129 Å². The first-order chi connectivity index (χ1) is 25.1. The zero-order chi connectivity index (χ0) is 42.0. The Balaban J connectivity index is -0.000000129. The van der Waals surface area contributed by atoms with Crippen LogP contribution in [0.3, 0.4) is 0 Å². The van der Waals surface area contributed by atoms with Crippen LogP contribution in [0.5, 0.6) is 0 Å². The predicted molar refractivity (Wildman–Crippen MR) is 214 cm³/mol. The third-order valence-corrected chi connectivity index (χ3v) is 5.10. The van der Waals surface area contributed by atoms with Crippen molar-refractivity contribution in [2.45, 2.75) is 126 Å². The molecule has 0 aromatic carbocycles. The predicted octanol–water partition coefficient (Wildman–Crippen LogP) is 5.46. The lowest BCUT2D eigenvalue weighted by atomic mass is 10.4. The van der Waals surface area contributed by atoms with Crippen LogP contribution in [0.1, 0.15) is 89.5 Å². The average molecular weight is 783 g/mol. The molecule has 0 fully saturated rings. The fraction of sp³-hybridized carbons (Fsp3) is 1.00. The van der Waals surface area contributed by atoms with Crippen LogP contribution in [0.15, 0.2) is 0 Å². The average Bonchev–Trinajstić information content (AvgIpc) is 3.09. The van der Waals surface area contributed by atoms with Gasteiger partial charge in [0.1, 0.15) is 0 Å². The van der Waals surface area contributed by atoms with E-state index in [0.717, 1.165) is 6.42 Å². The summed E-state index contributed by atoms with van der Waals surface area (Å²) in [5.74, 6) is 0. The molecule has 0 aromatic heterocycles. The van der Waals surface area contributed by atoms with E-state index in [1.165, 1.54) is 0 Å². The van der Waals surface area contributed by atoms with Gasteiger partial charge < -0.3 is 67.1 Å². The number of ether oxygens (including phenoxy) is 12. The number of methoxy groups -OCH3 is 4. The van der Waals surface area contributed by atoms with E-state index in [0.29, 0.717) is 117 Å². The highest BCUT2D eigenvalue weighted by molar-refractivity contribution is 4.39. The number of hydrogen-bond donors (Lipinski definition) is 2. The second-order valence-electron chi connectivity index (χ2n) is 12.5. The van der Waals surface area contributed by atoms with Gasteiger partial charge in [-0.15, -0.1) is 0 Å². The molecule has 0 heterocycles. The molecule has 330 valence electrons. The van der Waals surface area contributed by atoms with Gasteiger partial charge in [-0.25, -0.2) is 0 Å². The normalized spacial score (nSPS) is 10.6. The minimum atomic E-state index is 0.123. The quantitative estimate of drug-likeness (QED) is 0.0925. The molecule has 0 aliphatic carbocycles. The van der Waals surface area contributed by atoms with Crippen molar-refractivity contribution in [3.63, 3.8) is 0 Å². The van der Waals surface area contributed by atoms with Gasteiger partial charge in [-0.2, -0.15) is 0 Å². The summed E-state index contributed by atoms with van der Waals surface area (Å²) < 4.78 is 60.6. The molecular formula is C39H90O14.